The molecule has 3 atom stereocenters. The monoisotopic (exact) mass is 479 g/mol. The van der Waals surface area contributed by atoms with Crippen LogP contribution in [-0.2, 0) is 14.4 Å². The van der Waals surface area contributed by atoms with Gasteiger partial charge >= 0.3 is 0 Å². The molecule has 1 N–H and O–H groups in total. The highest BCUT2D eigenvalue weighted by Gasteiger charge is 2.60. The number of hydroxylamine groups is 1. The number of phenols is 1. The van der Waals surface area contributed by atoms with E-state index in [9.17, 15) is 29.2 Å². The molecule has 35 heavy (non-hydrogen) atoms. The Balaban J connectivity index is 1.59. The number of carbonyl (C=O) groups is 2. The predicted octanol–water partition coefficient (Wildman–Crippen LogP) is 3.50. The second-order valence-corrected chi connectivity index (χ2v) is 8.02. The molecule has 3 aromatic carbocycles. The summed E-state index contributed by atoms with van der Waals surface area (Å²) >= 11 is 0. The van der Waals surface area contributed by atoms with E-state index >= 15 is 0 Å². The molecular weight excluding hydrogens is 461 g/mol. The number of carbonyl (C=O) groups excluding carboxylic acids is 2. The summed E-state index contributed by atoms with van der Waals surface area (Å²) in [7, 11) is 1.38. The maximum Gasteiger partial charge on any atom is 0.269 e. The molecule has 178 valence electrons. The van der Waals surface area contributed by atoms with E-state index in [4.69, 9.17) is 9.57 Å². The molecular formula is C24H18FN3O7. The van der Waals surface area contributed by atoms with Crippen molar-refractivity contribution in [1.29, 1.82) is 0 Å². The first kappa shape index (κ1) is 22.3. The molecule has 11 heteroatoms. The van der Waals surface area contributed by atoms with Crippen LogP contribution in [0.4, 0.5) is 21.5 Å². The molecule has 2 heterocycles. The molecule has 2 amide bonds. The Morgan fingerprint density at radius 2 is 1.66 bits per heavy atom. The standard InChI is InChI=1S/C24H18FN3O7/c1-34-19-12-13(2-11-18(19)29)21-20-22(35-27(21)16-7-9-17(10-8-16)28(32)33)24(31)26(23(20)30)15-5-3-14(25)4-6-15/h2-12,20-22,29H,1H3/t20-,21-,22-/m0/s1. The lowest BCUT2D eigenvalue weighted by Gasteiger charge is -2.29. The first-order valence-corrected chi connectivity index (χ1v) is 10.5. The minimum absolute atomic E-state index is 0.115. The number of benzene rings is 3. The van der Waals surface area contributed by atoms with Crippen LogP contribution in [0.1, 0.15) is 11.6 Å². The fraction of sp³-hybridized carbons (Fsp3) is 0.167. The summed E-state index contributed by atoms with van der Waals surface area (Å²) in [6.07, 6.45) is -1.19. The van der Waals surface area contributed by atoms with Gasteiger partial charge in [-0.1, -0.05) is 6.07 Å². The summed E-state index contributed by atoms with van der Waals surface area (Å²) < 4.78 is 18.6. The predicted molar refractivity (Wildman–Crippen MR) is 120 cm³/mol. The number of hydrogen-bond acceptors (Lipinski definition) is 8. The molecule has 0 aliphatic carbocycles. The van der Waals surface area contributed by atoms with Crippen LogP contribution in [0.5, 0.6) is 11.5 Å². The van der Waals surface area contributed by atoms with Crippen molar-refractivity contribution < 1.29 is 33.6 Å². The van der Waals surface area contributed by atoms with Gasteiger partial charge in [0, 0.05) is 12.1 Å². The number of nitrogens with zero attached hydrogens (tertiary/aromatic N) is 3. The van der Waals surface area contributed by atoms with Gasteiger partial charge in [0.25, 0.3) is 11.6 Å². The van der Waals surface area contributed by atoms with Gasteiger partial charge in [-0.2, -0.15) is 0 Å². The van der Waals surface area contributed by atoms with Crippen molar-refractivity contribution in [2.45, 2.75) is 12.1 Å². The van der Waals surface area contributed by atoms with Crippen molar-refractivity contribution in [3.05, 3.63) is 88.2 Å². The van der Waals surface area contributed by atoms with Gasteiger partial charge < -0.3 is 9.84 Å². The van der Waals surface area contributed by atoms with Crippen LogP contribution in [0.3, 0.4) is 0 Å². The largest absolute Gasteiger partial charge is 0.504 e. The smallest absolute Gasteiger partial charge is 0.269 e. The first-order valence-electron chi connectivity index (χ1n) is 10.5. The molecule has 0 spiro atoms. The Labute approximate surface area is 197 Å². The van der Waals surface area contributed by atoms with Crippen LogP contribution in [0.25, 0.3) is 0 Å². The number of nitro benzene ring substituents is 1. The molecule has 0 saturated carbocycles. The number of rotatable bonds is 5. The third-order valence-electron chi connectivity index (χ3n) is 6.06. The van der Waals surface area contributed by atoms with E-state index in [0.717, 1.165) is 17.0 Å². The van der Waals surface area contributed by atoms with Gasteiger partial charge in [0.1, 0.15) is 11.7 Å². The van der Waals surface area contributed by atoms with Crippen molar-refractivity contribution >= 4 is 28.9 Å². The number of aromatic hydroxyl groups is 1. The van der Waals surface area contributed by atoms with E-state index in [1.54, 1.807) is 6.07 Å². The van der Waals surface area contributed by atoms with Gasteiger partial charge in [-0.25, -0.2) is 14.4 Å². The number of imide groups is 1. The molecule has 10 nitrogen and oxygen atoms in total. The average Bonchev–Trinajstić information content (AvgIpc) is 3.36. The Morgan fingerprint density at radius 1 is 1.00 bits per heavy atom. The number of ether oxygens (including phenoxy) is 1. The lowest BCUT2D eigenvalue weighted by Crippen LogP contribution is -2.37. The zero-order valence-corrected chi connectivity index (χ0v) is 18.2. The second-order valence-electron chi connectivity index (χ2n) is 8.02. The first-order chi connectivity index (χ1) is 16.8. The Hall–Kier alpha value is -4.51. The fourth-order valence-electron chi connectivity index (χ4n) is 4.42. The molecule has 2 aliphatic rings. The summed E-state index contributed by atoms with van der Waals surface area (Å²) in [6, 6.07) is 14.1. The van der Waals surface area contributed by atoms with Crippen LogP contribution in [0, 0.1) is 21.8 Å². The van der Waals surface area contributed by atoms with Crippen LogP contribution in [-0.4, -0.2) is 35.1 Å². The maximum absolute atomic E-state index is 13.5. The molecule has 2 saturated heterocycles. The molecule has 0 unspecified atom stereocenters. The fourth-order valence-corrected chi connectivity index (χ4v) is 4.42. The van der Waals surface area contributed by atoms with E-state index in [1.807, 2.05) is 0 Å². The van der Waals surface area contributed by atoms with Crippen LogP contribution >= 0.6 is 0 Å². The van der Waals surface area contributed by atoms with Crippen molar-refractivity contribution in [3.63, 3.8) is 0 Å². The lowest BCUT2D eigenvalue weighted by molar-refractivity contribution is -0.384. The quantitative estimate of drug-likeness (QED) is 0.335. The van der Waals surface area contributed by atoms with Crippen LogP contribution in [0.2, 0.25) is 0 Å². The molecule has 5 rings (SSSR count). The lowest BCUT2D eigenvalue weighted by atomic mass is 9.90. The normalized spacial score (nSPS) is 21.4. The third kappa shape index (κ3) is 3.62. The molecule has 3 aromatic rings. The summed E-state index contributed by atoms with van der Waals surface area (Å²) in [5, 5.41) is 22.5. The summed E-state index contributed by atoms with van der Waals surface area (Å²) in [4.78, 5) is 44.3. The van der Waals surface area contributed by atoms with Gasteiger partial charge in [0.15, 0.2) is 17.6 Å². The second kappa shape index (κ2) is 8.37. The topological polar surface area (TPSA) is 122 Å². The van der Waals surface area contributed by atoms with Crippen molar-refractivity contribution in [1.82, 2.24) is 0 Å². The summed E-state index contributed by atoms with van der Waals surface area (Å²) in [5.41, 5.74) is 0.970. The molecule has 2 fully saturated rings. The number of nitro groups is 1. The highest BCUT2D eigenvalue weighted by atomic mass is 19.1. The third-order valence-corrected chi connectivity index (χ3v) is 6.06. The average molecular weight is 479 g/mol. The number of non-ortho nitro benzene ring substituents is 1. The zero-order valence-electron chi connectivity index (χ0n) is 18.2. The van der Waals surface area contributed by atoms with Crippen molar-refractivity contribution in [2.24, 2.45) is 5.92 Å². The van der Waals surface area contributed by atoms with Crippen molar-refractivity contribution in [2.75, 3.05) is 17.1 Å². The van der Waals surface area contributed by atoms with Crippen molar-refractivity contribution in [3.8, 4) is 11.5 Å². The van der Waals surface area contributed by atoms with Gasteiger partial charge in [-0.15, -0.1) is 0 Å². The molecule has 0 bridgehead atoms. The van der Waals surface area contributed by atoms with Crippen LogP contribution < -0.4 is 14.7 Å². The number of anilines is 2. The van der Waals surface area contributed by atoms with Gasteiger partial charge in [0.2, 0.25) is 5.91 Å². The number of fused-ring (bicyclic) bond motifs is 1. The van der Waals surface area contributed by atoms with Gasteiger partial charge in [-0.3, -0.25) is 24.5 Å². The van der Waals surface area contributed by atoms with E-state index in [0.29, 0.717) is 11.3 Å². The van der Waals surface area contributed by atoms with E-state index in [2.05, 4.69) is 0 Å². The highest BCUT2D eigenvalue weighted by Crippen LogP contribution is 2.48. The van der Waals surface area contributed by atoms with Gasteiger partial charge in [0.05, 0.1) is 29.4 Å². The zero-order chi connectivity index (χ0) is 24.9. The SMILES string of the molecule is COc1cc([C@H]2[C@@H]3C(=O)N(c4ccc(F)cc4)C(=O)[C@H]3ON2c2ccc([N+](=O)[O-])cc2)ccc1O. The minimum Gasteiger partial charge on any atom is -0.504 e. The Morgan fingerprint density at radius 3 is 2.29 bits per heavy atom. The molecule has 0 aromatic heterocycles. The molecule has 2 aliphatic heterocycles. The number of phenolic OH excluding ortho intramolecular Hbond substituents is 1. The Bertz CT molecular complexity index is 1330. The Kier molecular flexibility index (Phi) is 5.33. The number of methoxy groups -OCH3 is 1. The summed E-state index contributed by atoms with van der Waals surface area (Å²) in [5.74, 6) is -2.63. The van der Waals surface area contributed by atoms with Gasteiger partial charge in [-0.05, 0) is 54.1 Å². The molecule has 0 radical (unpaired) electrons. The maximum atomic E-state index is 13.5. The van der Waals surface area contributed by atoms with E-state index in [1.165, 1.54) is 60.7 Å². The number of amides is 2. The van der Waals surface area contributed by atoms with Crippen LogP contribution in [0.15, 0.2) is 66.7 Å². The minimum atomic E-state index is -1.19. The highest BCUT2D eigenvalue weighted by molar-refractivity contribution is 6.23. The number of hydrogen-bond donors (Lipinski definition) is 1. The summed E-state index contributed by atoms with van der Waals surface area (Å²) in [6.45, 7) is 0. The van der Waals surface area contributed by atoms with E-state index in [-0.39, 0.29) is 22.9 Å². The van der Waals surface area contributed by atoms with E-state index < -0.39 is 40.6 Å². The number of halogens is 1.